The summed E-state index contributed by atoms with van der Waals surface area (Å²) in [6.07, 6.45) is 0. The van der Waals surface area contributed by atoms with Gasteiger partial charge in [0.25, 0.3) is 0 Å². The van der Waals surface area contributed by atoms with Crippen LogP contribution in [0.1, 0.15) is 26.3 Å². The first-order valence-corrected chi connectivity index (χ1v) is 8.63. The van der Waals surface area contributed by atoms with Crippen molar-refractivity contribution in [3.05, 3.63) is 42.0 Å². The average molecular weight is 484 g/mol. The summed E-state index contributed by atoms with van der Waals surface area (Å²) in [6, 6.07) is 12.3. The number of halogens is 1. The van der Waals surface area contributed by atoms with E-state index in [4.69, 9.17) is 4.74 Å². The van der Waals surface area contributed by atoms with Crippen molar-refractivity contribution in [2.75, 3.05) is 20.7 Å². The van der Waals surface area contributed by atoms with Crippen LogP contribution < -0.4 is 20.7 Å². The number of hydrogen-bond acceptors (Lipinski definition) is 3. The van der Waals surface area contributed by atoms with Crippen LogP contribution in [0.2, 0.25) is 0 Å². The monoisotopic (exact) mass is 484 g/mol. The maximum atomic E-state index is 11.9. The molecule has 0 atom stereocenters. The number of ether oxygens (including phenoxy) is 1. The highest BCUT2D eigenvalue weighted by atomic mass is 127. The molecule has 0 bridgehead atoms. The van der Waals surface area contributed by atoms with E-state index in [1.54, 1.807) is 14.2 Å². The van der Waals surface area contributed by atoms with Gasteiger partial charge in [0.05, 0.1) is 13.7 Å². The van der Waals surface area contributed by atoms with E-state index in [9.17, 15) is 4.79 Å². The van der Waals surface area contributed by atoms with Crippen LogP contribution in [0.5, 0.6) is 5.75 Å². The highest BCUT2D eigenvalue weighted by molar-refractivity contribution is 14.0. The van der Waals surface area contributed by atoms with Crippen LogP contribution in [0.25, 0.3) is 10.8 Å². The first-order valence-electron chi connectivity index (χ1n) is 8.63. The molecule has 2 aromatic carbocycles. The molecule has 0 aliphatic heterocycles. The van der Waals surface area contributed by atoms with Crippen LogP contribution in [-0.2, 0) is 11.3 Å². The molecule has 0 radical (unpaired) electrons. The molecule has 0 saturated heterocycles. The van der Waals surface area contributed by atoms with Gasteiger partial charge in [-0.25, -0.2) is 0 Å². The highest BCUT2D eigenvalue weighted by Gasteiger charge is 2.13. The van der Waals surface area contributed by atoms with Gasteiger partial charge < -0.3 is 20.7 Å². The smallest absolute Gasteiger partial charge is 0.239 e. The maximum Gasteiger partial charge on any atom is 0.239 e. The number of rotatable bonds is 5. The summed E-state index contributed by atoms with van der Waals surface area (Å²) in [4.78, 5) is 16.0. The van der Waals surface area contributed by atoms with Crippen LogP contribution in [-0.4, -0.2) is 38.1 Å². The van der Waals surface area contributed by atoms with Gasteiger partial charge >= 0.3 is 0 Å². The molecule has 0 aromatic heterocycles. The second-order valence-corrected chi connectivity index (χ2v) is 7.12. The summed E-state index contributed by atoms with van der Waals surface area (Å²) in [6.45, 7) is 6.64. The largest absolute Gasteiger partial charge is 0.497 e. The molecule has 2 rings (SSSR count). The minimum atomic E-state index is -0.247. The topological polar surface area (TPSA) is 74.8 Å². The lowest BCUT2D eigenvalue weighted by Gasteiger charge is -2.21. The van der Waals surface area contributed by atoms with Crippen molar-refractivity contribution in [2.45, 2.75) is 32.9 Å². The number of carbonyl (C=O) groups is 1. The number of fused-ring (bicyclic) bond motifs is 1. The number of benzene rings is 2. The molecule has 3 N–H and O–H groups in total. The second-order valence-electron chi connectivity index (χ2n) is 7.12. The van der Waals surface area contributed by atoms with Crippen molar-refractivity contribution < 1.29 is 9.53 Å². The average Bonchev–Trinajstić information content (AvgIpc) is 2.59. The third kappa shape index (κ3) is 7.62. The minimum Gasteiger partial charge on any atom is -0.497 e. The van der Waals surface area contributed by atoms with Gasteiger partial charge in [-0.3, -0.25) is 9.79 Å². The fourth-order valence-electron chi connectivity index (χ4n) is 2.54. The Labute approximate surface area is 178 Å². The summed E-state index contributed by atoms with van der Waals surface area (Å²) in [5.74, 6) is 1.37. The molecule has 7 heteroatoms. The third-order valence-electron chi connectivity index (χ3n) is 3.73. The summed E-state index contributed by atoms with van der Waals surface area (Å²) >= 11 is 0. The molecule has 1 amide bonds. The Bertz CT molecular complexity index is 800. The first kappa shape index (κ1) is 23.0. The van der Waals surface area contributed by atoms with E-state index < -0.39 is 0 Å². The Morgan fingerprint density at radius 2 is 1.74 bits per heavy atom. The molecular weight excluding hydrogens is 455 g/mol. The lowest BCUT2D eigenvalue weighted by molar-refractivity contribution is -0.121. The van der Waals surface area contributed by atoms with Gasteiger partial charge in [0, 0.05) is 19.1 Å². The molecule has 0 fully saturated rings. The SMILES string of the molecule is CN=C(NCC(=O)NC(C)(C)C)NCc1ccc2cc(OC)ccc2c1.I. The zero-order chi connectivity index (χ0) is 19.2. The molecule has 0 aliphatic carbocycles. The Balaban J connectivity index is 0.00000364. The lowest BCUT2D eigenvalue weighted by atomic mass is 10.1. The summed E-state index contributed by atoms with van der Waals surface area (Å²) in [7, 11) is 3.35. The quantitative estimate of drug-likeness (QED) is 0.347. The van der Waals surface area contributed by atoms with Gasteiger partial charge in [-0.2, -0.15) is 0 Å². The number of nitrogens with one attached hydrogen (secondary N) is 3. The van der Waals surface area contributed by atoms with Gasteiger partial charge in [0.2, 0.25) is 5.91 Å². The van der Waals surface area contributed by atoms with E-state index in [1.165, 1.54) is 0 Å². The molecule has 0 saturated carbocycles. The number of amides is 1. The van der Waals surface area contributed by atoms with Crippen LogP contribution in [0.15, 0.2) is 41.4 Å². The molecule has 0 heterocycles. The minimum absolute atomic E-state index is 0. The Morgan fingerprint density at radius 3 is 2.37 bits per heavy atom. The zero-order valence-electron chi connectivity index (χ0n) is 16.6. The molecule has 148 valence electrons. The number of methoxy groups -OCH3 is 1. The second kappa shape index (κ2) is 10.3. The number of aliphatic imine (C=N–C) groups is 1. The van der Waals surface area contributed by atoms with E-state index in [-0.39, 0.29) is 42.0 Å². The number of guanidine groups is 1. The van der Waals surface area contributed by atoms with E-state index in [0.717, 1.165) is 22.1 Å². The fraction of sp³-hybridized carbons (Fsp3) is 0.400. The number of nitrogens with zero attached hydrogens (tertiary/aromatic N) is 1. The molecule has 0 spiro atoms. The predicted molar refractivity (Wildman–Crippen MR) is 122 cm³/mol. The van der Waals surface area contributed by atoms with E-state index in [0.29, 0.717) is 12.5 Å². The van der Waals surface area contributed by atoms with Crippen molar-refractivity contribution in [3.63, 3.8) is 0 Å². The van der Waals surface area contributed by atoms with E-state index >= 15 is 0 Å². The Hall–Kier alpha value is -2.03. The van der Waals surface area contributed by atoms with Crippen molar-refractivity contribution >= 4 is 46.6 Å². The first-order chi connectivity index (χ1) is 12.3. The van der Waals surface area contributed by atoms with E-state index in [1.807, 2.05) is 39.0 Å². The predicted octanol–water partition coefficient (Wildman–Crippen LogP) is 3.05. The molecule has 6 nitrogen and oxygen atoms in total. The van der Waals surface area contributed by atoms with Gasteiger partial charge in [-0.15, -0.1) is 24.0 Å². The van der Waals surface area contributed by atoms with Crippen molar-refractivity contribution in [3.8, 4) is 5.75 Å². The van der Waals surface area contributed by atoms with E-state index in [2.05, 4.69) is 39.1 Å². The van der Waals surface area contributed by atoms with Crippen LogP contribution in [0.3, 0.4) is 0 Å². The van der Waals surface area contributed by atoms with Crippen LogP contribution in [0, 0.1) is 0 Å². The van der Waals surface area contributed by atoms with Crippen molar-refractivity contribution in [1.82, 2.24) is 16.0 Å². The number of hydrogen-bond donors (Lipinski definition) is 3. The Kier molecular flexibility index (Phi) is 8.81. The summed E-state index contributed by atoms with van der Waals surface area (Å²) in [5.41, 5.74) is 0.883. The highest BCUT2D eigenvalue weighted by Crippen LogP contribution is 2.21. The third-order valence-corrected chi connectivity index (χ3v) is 3.73. The summed E-state index contributed by atoms with van der Waals surface area (Å²) in [5, 5.41) is 11.4. The van der Waals surface area contributed by atoms with Gasteiger partial charge in [-0.05, 0) is 55.3 Å². The normalized spacial score (nSPS) is 11.5. The molecule has 2 aromatic rings. The molecule has 0 unspecified atom stereocenters. The molecular formula is C20H29IN4O2. The number of carbonyl (C=O) groups excluding carboxylic acids is 1. The van der Waals surface area contributed by atoms with Crippen LogP contribution >= 0.6 is 24.0 Å². The standard InChI is InChI=1S/C20H28N4O2.HI/c1-20(2,3)24-18(25)13-23-19(21-4)22-12-14-6-7-16-11-17(26-5)9-8-15(16)10-14;/h6-11H,12-13H2,1-5H3,(H,24,25)(H2,21,22,23);1H. The molecule has 27 heavy (non-hydrogen) atoms. The summed E-state index contributed by atoms with van der Waals surface area (Å²) < 4.78 is 5.25. The zero-order valence-corrected chi connectivity index (χ0v) is 18.9. The lowest BCUT2D eigenvalue weighted by Crippen LogP contribution is -2.48. The van der Waals surface area contributed by atoms with Crippen LogP contribution in [0.4, 0.5) is 0 Å². The van der Waals surface area contributed by atoms with Gasteiger partial charge in [-0.1, -0.05) is 18.2 Å². The fourth-order valence-corrected chi connectivity index (χ4v) is 2.54. The van der Waals surface area contributed by atoms with Gasteiger partial charge in [0.1, 0.15) is 5.75 Å². The maximum absolute atomic E-state index is 11.9. The van der Waals surface area contributed by atoms with Crippen molar-refractivity contribution in [2.24, 2.45) is 4.99 Å². The van der Waals surface area contributed by atoms with Gasteiger partial charge in [0.15, 0.2) is 5.96 Å². The van der Waals surface area contributed by atoms with Crippen molar-refractivity contribution in [1.29, 1.82) is 0 Å². The molecule has 0 aliphatic rings. The Morgan fingerprint density at radius 1 is 1.07 bits per heavy atom.